The summed E-state index contributed by atoms with van der Waals surface area (Å²) in [6, 6.07) is 5.20. The van der Waals surface area contributed by atoms with Gasteiger partial charge in [-0.05, 0) is 39.0 Å². The lowest BCUT2D eigenvalue weighted by atomic mass is 10.0. The van der Waals surface area contributed by atoms with Gasteiger partial charge in [0.25, 0.3) is 5.91 Å². The van der Waals surface area contributed by atoms with Crippen molar-refractivity contribution in [3.05, 3.63) is 23.8 Å². The molecule has 1 amide bonds. The Hall–Kier alpha value is -1.75. The van der Waals surface area contributed by atoms with Gasteiger partial charge in [0, 0.05) is 37.3 Å². The first kappa shape index (κ1) is 15.6. The fourth-order valence-corrected chi connectivity index (χ4v) is 2.61. The molecule has 2 rings (SSSR count). The highest BCUT2D eigenvalue weighted by Gasteiger charge is 2.28. The quantitative estimate of drug-likeness (QED) is 0.845. The third kappa shape index (κ3) is 3.47. The molecule has 0 atom stereocenters. The molecule has 5 nitrogen and oxygen atoms in total. The zero-order valence-electron chi connectivity index (χ0n) is 13.3. The van der Waals surface area contributed by atoms with E-state index in [9.17, 15) is 4.79 Å². The molecule has 1 saturated heterocycles. The molecule has 2 N–H and O–H groups in total. The molecule has 0 saturated carbocycles. The van der Waals surface area contributed by atoms with Gasteiger partial charge < -0.3 is 15.4 Å². The highest BCUT2D eigenvalue weighted by molar-refractivity contribution is 5.95. The zero-order valence-corrected chi connectivity index (χ0v) is 13.3. The monoisotopic (exact) mass is 291 g/mol. The van der Waals surface area contributed by atoms with E-state index in [1.54, 1.807) is 25.3 Å². The van der Waals surface area contributed by atoms with Crippen LogP contribution in [0.25, 0.3) is 0 Å². The Kier molecular flexibility index (Phi) is 4.42. The van der Waals surface area contributed by atoms with Crippen LogP contribution in [0.4, 0.5) is 5.69 Å². The fraction of sp³-hybridized carbons (Fsp3) is 0.562. The normalized spacial score (nSPS) is 16.9. The number of methoxy groups -OCH3 is 1. The molecule has 21 heavy (non-hydrogen) atoms. The Morgan fingerprint density at radius 1 is 1.19 bits per heavy atom. The van der Waals surface area contributed by atoms with Gasteiger partial charge in [-0.25, -0.2) is 0 Å². The molecule has 1 heterocycles. The Labute approximate surface area is 126 Å². The van der Waals surface area contributed by atoms with Crippen LogP contribution in [-0.4, -0.2) is 54.5 Å². The number of hydrogen-bond donors (Lipinski definition) is 1. The van der Waals surface area contributed by atoms with E-state index in [1.165, 1.54) is 0 Å². The summed E-state index contributed by atoms with van der Waals surface area (Å²) in [6.07, 6.45) is 0. The van der Waals surface area contributed by atoms with Crippen LogP contribution < -0.4 is 10.5 Å². The van der Waals surface area contributed by atoms with Gasteiger partial charge in [0.2, 0.25) is 0 Å². The maximum absolute atomic E-state index is 12.5. The second-order valence-corrected chi connectivity index (χ2v) is 6.41. The lowest BCUT2D eigenvalue weighted by Gasteiger charge is -2.42. The standard InChI is InChI=1S/C16H25N3O2/c1-16(2,3)19-9-7-18(8-10-19)15(20)12-5-6-13(17)14(11-12)21-4/h5-6,11H,7-10,17H2,1-4H3. The zero-order chi connectivity index (χ0) is 15.6. The van der Waals surface area contributed by atoms with Crippen molar-refractivity contribution < 1.29 is 9.53 Å². The van der Waals surface area contributed by atoms with Gasteiger partial charge in [-0.3, -0.25) is 9.69 Å². The number of hydrogen-bond acceptors (Lipinski definition) is 4. The number of nitrogens with zero attached hydrogens (tertiary/aromatic N) is 2. The van der Waals surface area contributed by atoms with Crippen LogP contribution in [-0.2, 0) is 0 Å². The van der Waals surface area contributed by atoms with Crippen molar-refractivity contribution in [3.63, 3.8) is 0 Å². The summed E-state index contributed by atoms with van der Waals surface area (Å²) in [5.74, 6) is 0.594. The molecule has 0 bridgehead atoms. The van der Waals surface area contributed by atoms with E-state index in [2.05, 4.69) is 25.7 Å². The van der Waals surface area contributed by atoms with Gasteiger partial charge in [-0.2, -0.15) is 0 Å². The molecular weight excluding hydrogens is 266 g/mol. The second kappa shape index (κ2) is 5.93. The van der Waals surface area contributed by atoms with E-state index < -0.39 is 0 Å². The maximum atomic E-state index is 12.5. The third-order valence-corrected chi connectivity index (χ3v) is 4.00. The number of nitrogens with two attached hydrogens (primary N) is 1. The number of ether oxygens (including phenoxy) is 1. The molecule has 1 fully saturated rings. The first-order valence-electron chi connectivity index (χ1n) is 7.31. The van der Waals surface area contributed by atoms with Crippen molar-refractivity contribution in [1.29, 1.82) is 0 Å². The van der Waals surface area contributed by atoms with Crippen LogP contribution in [0.5, 0.6) is 5.75 Å². The van der Waals surface area contributed by atoms with Gasteiger partial charge >= 0.3 is 0 Å². The highest BCUT2D eigenvalue weighted by Crippen LogP contribution is 2.24. The van der Waals surface area contributed by atoms with Crippen molar-refractivity contribution in [1.82, 2.24) is 9.80 Å². The lowest BCUT2D eigenvalue weighted by Crippen LogP contribution is -2.54. The summed E-state index contributed by atoms with van der Waals surface area (Å²) >= 11 is 0. The highest BCUT2D eigenvalue weighted by atomic mass is 16.5. The number of anilines is 1. The molecule has 0 radical (unpaired) electrons. The minimum Gasteiger partial charge on any atom is -0.495 e. The van der Waals surface area contributed by atoms with E-state index >= 15 is 0 Å². The summed E-state index contributed by atoms with van der Waals surface area (Å²) in [5, 5.41) is 0. The lowest BCUT2D eigenvalue weighted by molar-refractivity contribution is 0.0451. The summed E-state index contributed by atoms with van der Waals surface area (Å²) in [4.78, 5) is 16.8. The van der Waals surface area contributed by atoms with Gasteiger partial charge in [-0.15, -0.1) is 0 Å². The molecule has 1 aliphatic heterocycles. The summed E-state index contributed by atoms with van der Waals surface area (Å²) < 4.78 is 5.18. The van der Waals surface area contributed by atoms with Crippen molar-refractivity contribution in [3.8, 4) is 5.75 Å². The van der Waals surface area contributed by atoms with Crippen LogP contribution in [0.1, 0.15) is 31.1 Å². The summed E-state index contributed by atoms with van der Waals surface area (Å²) in [5.41, 5.74) is 7.12. The van der Waals surface area contributed by atoms with Crippen LogP contribution in [0, 0.1) is 0 Å². The smallest absolute Gasteiger partial charge is 0.254 e. The molecule has 5 heteroatoms. The van der Waals surface area contributed by atoms with E-state index in [-0.39, 0.29) is 11.4 Å². The number of carbonyl (C=O) groups is 1. The number of amides is 1. The number of piperazine rings is 1. The van der Waals surface area contributed by atoms with Gasteiger partial charge in [0.1, 0.15) is 5.75 Å². The largest absolute Gasteiger partial charge is 0.495 e. The molecule has 116 valence electrons. The summed E-state index contributed by atoms with van der Waals surface area (Å²) in [7, 11) is 1.56. The molecule has 1 aliphatic rings. The Morgan fingerprint density at radius 3 is 2.33 bits per heavy atom. The van der Waals surface area contributed by atoms with Gasteiger partial charge in [0.15, 0.2) is 0 Å². The SMILES string of the molecule is COc1cc(C(=O)N2CCN(C(C)(C)C)CC2)ccc1N. The van der Waals surface area contributed by atoms with Crippen molar-refractivity contribution in [2.45, 2.75) is 26.3 Å². The van der Waals surface area contributed by atoms with E-state index in [4.69, 9.17) is 10.5 Å². The molecule has 0 aliphatic carbocycles. The second-order valence-electron chi connectivity index (χ2n) is 6.41. The average molecular weight is 291 g/mol. The van der Waals surface area contributed by atoms with Crippen LogP contribution >= 0.6 is 0 Å². The van der Waals surface area contributed by atoms with Crippen LogP contribution in [0.2, 0.25) is 0 Å². The Balaban J connectivity index is 2.05. The summed E-state index contributed by atoms with van der Waals surface area (Å²) in [6.45, 7) is 9.92. The number of carbonyl (C=O) groups excluding carboxylic acids is 1. The fourth-order valence-electron chi connectivity index (χ4n) is 2.61. The molecule has 1 aromatic rings. The van der Waals surface area contributed by atoms with E-state index in [0.717, 1.165) is 26.2 Å². The molecule has 0 unspecified atom stereocenters. The van der Waals surface area contributed by atoms with E-state index in [0.29, 0.717) is 17.0 Å². The van der Waals surface area contributed by atoms with Crippen LogP contribution in [0.3, 0.4) is 0 Å². The number of rotatable bonds is 2. The minimum absolute atomic E-state index is 0.0434. The van der Waals surface area contributed by atoms with E-state index in [1.807, 2.05) is 4.90 Å². The molecule has 0 aromatic heterocycles. The molecular formula is C16H25N3O2. The molecule has 1 aromatic carbocycles. The van der Waals surface area contributed by atoms with Gasteiger partial charge in [-0.1, -0.05) is 0 Å². The first-order valence-corrected chi connectivity index (χ1v) is 7.31. The Morgan fingerprint density at radius 2 is 1.81 bits per heavy atom. The van der Waals surface area contributed by atoms with Crippen molar-refractivity contribution >= 4 is 11.6 Å². The minimum atomic E-state index is 0.0434. The van der Waals surface area contributed by atoms with Crippen LogP contribution in [0.15, 0.2) is 18.2 Å². The predicted molar refractivity (Wildman–Crippen MR) is 84.6 cm³/mol. The molecule has 0 spiro atoms. The van der Waals surface area contributed by atoms with Crippen molar-refractivity contribution in [2.75, 3.05) is 39.0 Å². The number of nitrogen functional groups attached to an aromatic ring is 1. The topological polar surface area (TPSA) is 58.8 Å². The average Bonchev–Trinajstić information content (AvgIpc) is 2.46. The first-order chi connectivity index (χ1) is 9.82. The number of benzene rings is 1. The Bertz CT molecular complexity index is 515. The van der Waals surface area contributed by atoms with Gasteiger partial charge in [0.05, 0.1) is 12.8 Å². The predicted octanol–water partition coefficient (Wildman–Crippen LogP) is 1.83. The van der Waals surface area contributed by atoms with Crippen molar-refractivity contribution in [2.24, 2.45) is 0 Å². The third-order valence-electron chi connectivity index (χ3n) is 4.00. The maximum Gasteiger partial charge on any atom is 0.254 e.